The van der Waals surface area contributed by atoms with Crippen LogP contribution in [-0.4, -0.2) is 32.1 Å². The van der Waals surface area contributed by atoms with Gasteiger partial charge in [-0.1, -0.05) is 53.5 Å². The summed E-state index contributed by atoms with van der Waals surface area (Å²) < 4.78 is 9.75. The van der Waals surface area contributed by atoms with Crippen LogP contribution in [0, 0.1) is 11.3 Å². The molecule has 0 atom stereocenters. The molecule has 0 unspecified atom stereocenters. The molecule has 1 N–H and O–H groups in total. The minimum atomic E-state index is -0.582. The first-order valence-corrected chi connectivity index (χ1v) is 9.82. The van der Waals surface area contributed by atoms with Crippen LogP contribution in [0.1, 0.15) is 17.5 Å². The average Bonchev–Trinajstić information content (AvgIpc) is 2.74. The van der Waals surface area contributed by atoms with Gasteiger partial charge in [-0.05, 0) is 42.2 Å². The van der Waals surface area contributed by atoms with Gasteiger partial charge in [-0.3, -0.25) is 4.79 Å². The van der Waals surface area contributed by atoms with E-state index in [1.807, 2.05) is 36.4 Å². The van der Waals surface area contributed by atoms with Crippen LogP contribution in [0.4, 0.5) is 0 Å². The Bertz CT molecular complexity index is 946. The van der Waals surface area contributed by atoms with Gasteiger partial charge in [-0.2, -0.15) is 5.26 Å². The van der Waals surface area contributed by atoms with E-state index in [1.165, 1.54) is 30.9 Å². The summed E-state index contributed by atoms with van der Waals surface area (Å²) in [6.07, 6.45) is 2.96. The molecule has 2 aromatic rings. The van der Waals surface area contributed by atoms with E-state index in [0.29, 0.717) is 12.1 Å². The molecule has 0 spiro atoms. The Morgan fingerprint density at radius 1 is 1.17 bits per heavy atom. The highest BCUT2D eigenvalue weighted by Crippen LogP contribution is 2.34. The number of amides is 1. The number of halogens is 2. The second-order valence-electron chi connectivity index (χ2n) is 6.19. The lowest BCUT2D eigenvalue weighted by Gasteiger charge is -2.10. The van der Waals surface area contributed by atoms with E-state index in [1.54, 1.807) is 0 Å². The fourth-order valence-electron chi connectivity index (χ4n) is 2.54. The average molecular weight is 447 g/mol. The molecule has 0 aromatic heterocycles. The summed E-state index contributed by atoms with van der Waals surface area (Å²) in [5.41, 5.74) is 1.55. The second-order valence-corrected chi connectivity index (χ2v) is 7.01. The molecule has 0 radical (unpaired) electrons. The van der Waals surface area contributed by atoms with Crippen molar-refractivity contribution in [3.63, 3.8) is 0 Å². The number of carbonyl (C=O) groups is 2. The van der Waals surface area contributed by atoms with Gasteiger partial charge >= 0.3 is 5.97 Å². The fraction of sp³-hybridized carbons (Fsp3) is 0.227. The summed E-state index contributed by atoms with van der Waals surface area (Å²) in [4.78, 5) is 23.5. The van der Waals surface area contributed by atoms with E-state index in [2.05, 4.69) is 10.1 Å². The monoisotopic (exact) mass is 446 g/mol. The first-order chi connectivity index (χ1) is 14.4. The van der Waals surface area contributed by atoms with Gasteiger partial charge in [0.2, 0.25) is 0 Å². The van der Waals surface area contributed by atoms with Gasteiger partial charge in [0.05, 0.1) is 17.2 Å². The lowest BCUT2D eigenvalue weighted by Crippen LogP contribution is -2.25. The molecule has 0 aliphatic heterocycles. The van der Waals surface area contributed by atoms with Crippen LogP contribution in [0.5, 0.6) is 5.75 Å². The van der Waals surface area contributed by atoms with E-state index in [9.17, 15) is 14.9 Å². The highest BCUT2D eigenvalue weighted by atomic mass is 35.5. The maximum atomic E-state index is 12.3. The van der Waals surface area contributed by atoms with Crippen LogP contribution in [0.25, 0.3) is 6.08 Å². The molecule has 0 saturated carbocycles. The molecule has 0 heterocycles. The van der Waals surface area contributed by atoms with Gasteiger partial charge < -0.3 is 14.8 Å². The molecule has 2 aromatic carbocycles. The molecule has 30 heavy (non-hydrogen) atoms. The number of nitrogens with zero attached hydrogens (tertiary/aromatic N) is 1. The molecule has 1 amide bonds. The summed E-state index contributed by atoms with van der Waals surface area (Å²) >= 11 is 12.3. The third-order valence-corrected chi connectivity index (χ3v) is 4.59. The molecule has 0 aliphatic rings. The zero-order valence-corrected chi connectivity index (χ0v) is 17.8. The predicted octanol–water partition coefficient (Wildman–Crippen LogP) is 4.20. The molecule has 0 fully saturated rings. The molecule has 0 saturated heterocycles. The number of nitriles is 1. The Balaban J connectivity index is 1.99. The molecule has 0 bridgehead atoms. The Morgan fingerprint density at radius 2 is 1.83 bits per heavy atom. The standard InChI is InChI=1S/C22H20Cl2N2O4/c1-29-20(27)14-30-21-18(23)11-16(12-19(21)24)10-17(13-25)22(28)26-9-5-8-15-6-3-2-4-7-15/h2-4,6-7,10-12H,5,8-9,14H2,1H3,(H,26,28)/b17-10-. The van der Waals surface area contributed by atoms with Crippen molar-refractivity contribution in [2.45, 2.75) is 12.8 Å². The van der Waals surface area contributed by atoms with E-state index < -0.39 is 11.9 Å². The van der Waals surface area contributed by atoms with Crippen molar-refractivity contribution >= 4 is 41.2 Å². The SMILES string of the molecule is COC(=O)COc1c(Cl)cc(/C=C(/C#N)C(=O)NCCCc2ccccc2)cc1Cl. The molecule has 6 nitrogen and oxygen atoms in total. The maximum absolute atomic E-state index is 12.3. The number of hydrogen-bond acceptors (Lipinski definition) is 5. The quantitative estimate of drug-likeness (QED) is 0.269. The summed E-state index contributed by atoms with van der Waals surface area (Å²) in [6.45, 7) is 0.0918. The third kappa shape index (κ3) is 7.11. The van der Waals surface area contributed by atoms with Crippen LogP contribution in [0.3, 0.4) is 0 Å². The summed E-state index contributed by atoms with van der Waals surface area (Å²) in [5.74, 6) is -0.949. The van der Waals surface area contributed by atoms with Crippen molar-refractivity contribution in [1.29, 1.82) is 5.26 Å². The molecular weight excluding hydrogens is 427 g/mol. The normalized spacial score (nSPS) is 10.8. The van der Waals surface area contributed by atoms with E-state index in [0.717, 1.165) is 12.8 Å². The topological polar surface area (TPSA) is 88.4 Å². The second kappa shape index (κ2) is 11.9. The first kappa shape index (κ1) is 23.3. The van der Waals surface area contributed by atoms with Crippen molar-refractivity contribution in [3.05, 3.63) is 69.2 Å². The van der Waals surface area contributed by atoms with Crippen LogP contribution in [0.15, 0.2) is 48.0 Å². The van der Waals surface area contributed by atoms with Gasteiger partial charge in [-0.15, -0.1) is 0 Å². The number of methoxy groups -OCH3 is 1. The summed E-state index contributed by atoms with van der Waals surface area (Å²) in [7, 11) is 1.24. The Hall–Kier alpha value is -3.01. The fourth-order valence-corrected chi connectivity index (χ4v) is 3.15. The number of hydrogen-bond donors (Lipinski definition) is 1. The Kier molecular flexibility index (Phi) is 9.20. The van der Waals surface area contributed by atoms with Gasteiger partial charge in [0.1, 0.15) is 11.6 Å². The lowest BCUT2D eigenvalue weighted by molar-refractivity contribution is -0.142. The number of nitrogens with one attached hydrogen (secondary N) is 1. The molecule has 2 rings (SSSR count). The van der Waals surface area contributed by atoms with Crippen molar-refractivity contribution < 1.29 is 19.1 Å². The van der Waals surface area contributed by atoms with Gasteiger partial charge in [0, 0.05) is 6.54 Å². The van der Waals surface area contributed by atoms with Gasteiger partial charge in [-0.25, -0.2) is 4.79 Å². The molecule has 0 aliphatic carbocycles. The maximum Gasteiger partial charge on any atom is 0.343 e. The summed E-state index contributed by atoms with van der Waals surface area (Å²) in [5, 5.41) is 12.3. The van der Waals surface area contributed by atoms with Crippen molar-refractivity contribution in [2.75, 3.05) is 20.3 Å². The minimum absolute atomic E-state index is 0.0786. The lowest BCUT2D eigenvalue weighted by atomic mass is 10.1. The van der Waals surface area contributed by atoms with Crippen molar-refractivity contribution in [1.82, 2.24) is 5.32 Å². The zero-order valence-electron chi connectivity index (χ0n) is 16.3. The highest BCUT2D eigenvalue weighted by molar-refractivity contribution is 6.37. The van der Waals surface area contributed by atoms with Crippen LogP contribution >= 0.6 is 23.2 Å². The minimum Gasteiger partial charge on any atom is -0.479 e. The predicted molar refractivity (Wildman–Crippen MR) is 115 cm³/mol. The molecular formula is C22H20Cl2N2O4. The first-order valence-electron chi connectivity index (χ1n) is 9.07. The summed E-state index contributed by atoms with van der Waals surface area (Å²) in [6, 6.07) is 14.8. The van der Waals surface area contributed by atoms with E-state index >= 15 is 0 Å². The van der Waals surface area contributed by atoms with Gasteiger partial charge in [0.15, 0.2) is 12.4 Å². The molecule has 8 heteroatoms. The van der Waals surface area contributed by atoms with Crippen LogP contribution < -0.4 is 10.1 Å². The smallest absolute Gasteiger partial charge is 0.343 e. The Morgan fingerprint density at radius 3 is 2.43 bits per heavy atom. The number of rotatable bonds is 9. The van der Waals surface area contributed by atoms with Crippen LogP contribution in [-0.2, 0) is 20.7 Å². The van der Waals surface area contributed by atoms with Crippen molar-refractivity contribution in [2.24, 2.45) is 0 Å². The Labute approximate surface area is 185 Å². The number of benzene rings is 2. The van der Waals surface area contributed by atoms with E-state index in [4.69, 9.17) is 27.9 Å². The molecule has 156 valence electrons. The third-order valence-electron chi connectivity index (χ3n) is 4.03. The van der Waals surface area contributed by atoms with Gasteiger partial charge in [0.25, 0.3) is 5.91 Å². The number of carbonyl (C=O) groups excluding carboxylic acids is 2. The van der Waals surface area contributed by atoms with Crippen LogP contribution in [0.2, 0.25) is 10.0 Å². The highest BCUT2D eigenvalue weighted by Gasteiger charge is 2.14. The number of aryl methyl sites for hydroxylation is 1. The largest absolute Gasteiger partial charge is 0.479 e. The van der Waals surface area contributed by atoms with E-state index in [-0.39, 0.29) is 28.0 Å². The van der Waals surface area contributed by atoms with Crippen molar-refractivity contribution in [3.8, 4) is 11.8 Å². The number of ether oxygens (including phenoxy) is 2. The zero-order chi connectivity index (χ0) is 21.9. The number of esters is 1.